The lowest BCUT2D eigenvalue weighted by molar-refractivity contribution is 0.0456. The Hall–Kier alpha value is -2.06. The van der Waals surface area contributed by atoms with E-state index >= 15 is 0 Å². The average molecular weight is 321 g/mol. The molecule has 0 aliphatic heterocycles. The molecule has 0 fully saturated rings. The van der Waals surface area contributed by atoms with E-state index in [0.29, 0.717) is 35.9 Å². The van der Waals surface area contributed by atoms with E-state index < -0.39 is 5.60 Å². The molecule has 118 valence electrons. The summed E-state index contributed by atoms with van der Waals surface area (Å²) in [5, 5.41) is 23.8. The van der Waals surface area contributed by atoms with Crippen LogP contribution in [0.5, 0.6) is 0 Å². The van der Waals surface area contributed by atoms with E-state index in [1.807, 2.05) is 13.8 Å². The Morgan fingerprint density at radius 1 is 1.36 bits per heavy atom. The molecule has 0 aliphatic rings. The second kappa shape index (κ2) is 7.28. The van der Waals surface area contributed by atoms with Gasteiger partial charge in [-0.3, -0.25) is 10.1 Å². The lowest BCUT2D eigenvalue weighted by Crippen LogP contribution is -2.35. The van der Waals surface area contributed by atoms with Gasteiger partial charge in [-0.05, 0) is 25.0 Å². The highest BCUT2D eigenvalue weighted by Gasteiger charge is 2.21. The van der Waals surface area contributed by atoms with Crippen LogP contribution < -0.4 is 10.6 Å². The molecule has 22 heavy (non-hydrogen) atoms. The molecule has 3 N–H and O–H groups in total. The summed E-state index contributed by atoms with van der Waals surface area (Å²) in [6.07, 6.45) is 2.81. The van der Waals surface area contributed by atoms with Crippen LogP contribution in [0.15, 0.2) is 23.8 Å². The maximum absolute atomic E-state index is 12.0. The summed E-state index contributed by atoms with van der Waals surface area (Å²) in [5.74, 6) is 0.335. The number of amides is 1. The monoisotopic (exact) mass is 321 g/mol. The molecular formula is C14H19N5O2S. The van der Waals surface area contributed by atoms with E-state index in [9.17, 15) is 9.90 Å². The van der Waals surface area contributed by atoms with Gasteiger partial charge in [-0.15, -0.1) is 10.2 Å². The van der Waals surface area contributed by atoms with Crippen LogP contribution in [0.3, 0.4) is 0 Å². The minimum atomic E-state index is -0.741. The van der Waals surface area contributed by atoms with Crippen molar-refractivity contribution in [2.45, 2.75) is 32.3 Å². The van der Waals surface area contributed by atoms with Crippen LogP contribution in [-0.2, 0) is 0 Å². The molecule has 0 saturated carbocycles. The van der Waals surface area contributed by atoms with Gasteiger partial charge in [0.1, 0.15) is 11.3 Å². The third-order valence-corrected chi connectivity index (χ3v) is 4.13. The van der Waals surface area contributed by atoms with Crippen LogP contribution in [0.25, 0.3) is 0 Å². The Morgan fingerprint density at radius 2 is 2.14 bits per heavy atom. The van der Waals surface area contributed by atoms with Crippen molar-refractivity contribution in [2.75, 3.05) is 17.2 Å². The van der Waals surface area contributed by atoms with Crippen LogP contribution in [0.2, 0.25) is 0 Å². The Morgan fingerprint density at radius 3 is 2.68 bits per heavy atom. The van der Waals surface area contributed by atoms with Crippen LogP contribution >= 0.6 is 11.3 Å². The van der Waals surface area contributed by atoms with Crippen molar-refractivity contribution in [1.29, 1.82) is 0 Å². The van der Waals surface area contributed by atoms with Crippen molar-refractivity contribution in [3.8, 4) is 0 Å². The number of anilines is 2. The number of nitrogens with one attached hydrogen (secondary N) is 2. The molecule has 8 heteroatoms. The molecule has 0 bridgehead atoms. The fraction of sp³-hybridized carbons (Fsp3) is 0.429. The van der Waals surface area contributed by atoms with Gasteiger partial charge in [-0.1, -0.05) is 25.2 Å². The third-order valence-electron chi connectivity index (χ3n) is 3.52. The van der Waals surface area contributed by atoms with Gasteiger partial charge >= 0.3 is 0 Å². The predicted octanol–water partition coefficient (Wildman–Crippen LogP) is 2.15. The average Bonchev–Trinajstić information content (AvgIpc) is 3.06. The van der Waals surface area contributed by atoms with Crippen LogP contribution in [-0.4, -0.2) is 38.3 Å². The molecule has 0 spiro atoms. The number of aromatic nitrogens is 3. The zero-order valence-electron chi connectivity index (χ0n) is 12.5. The molecule has 2 aromatic rings. The summed E-state index contributed by atoms with van der Waals surface area (Å²) in [7, 11) is 0. The normalized spacial score (nSPS) is 11.2. The maximum Gasteiger partial charge on any atom is 0.259 e. The minimum absolute atomic E-state index is 0.283. The first-order valence-electron chi connectivity index (χ1n) is 7.06. The van der Waals surface area contributed by atoms with E-state index in [2.05, 4.69) is 25.8 Å². The molecule has 0 radical (unpaired) electrons. The number of pyridine rings is 1. The Bertz CT molecular complexity index is 596. The first-order valence-corrected chi connectivity index (χ1v) is 7.94. The Kier molecular flexibility index (Phi) is 5.40. The number of carbonyl (C=O) groups excluding carboxylic acids is 1. The SMILES string of the molecule is CCC(O)(CC)CNc1ccc(C(=O)Nc2nncs2)cn1. The van der Waals surface area contributed by atoms with E-state index in [4.69, 9.17) is 0 Å². The predicted molar refractivity (Wildman–Crippen MR) is 86.1 cm³/mol. The number of hydrogen-bond donors (Lipinski definition) is 3. The maximum atomic E-state index is 12.0. The fourth-order valence-corrected chi connectivity index (χ4v) is 2.22. The second-order valence-electron chi connectivity index (χ2n) is 4.92. The van der Waals surface area contributed by atoms with Crippen molar-refractivity contribution in [1.82, 2.24) is 15.2 Å². The van der Waals surface area contributed by atoms with Gasteiger partial charge < -0.3 is 10.4 Å². The van der Waals surface area contributed by atoms with Crippen LogP contribution in [0, 0.1) is 0 Å². The molecule has 0 atom stereocenters. The lowest BCUT2D eigenvalue weighted by atomic mass is 9.98. The van der Waals surface area contributed by atoms with Crippen molar-refractivity contribution in [2.24, 2.45) is 0 Å². The van der Waals surface area contributed by atoms with E-state index in [0.717, 1.165) is 0 Å². The quantitative estimate of drug-likeness (QED) is 0.722. The number of rotatable bonds is 7. The van der Waals surface area contributed by atoms with Crippen molar-refractivity contribution in [3.05, 3.63) is 29.4 Å². The summed E-state index contributed by atoms with van der Waals surface area (Å²) in [6.45, 7) is 4.31. The molecule has 0 aliphatic carbocycles. The summed E-state index contributed by atoms with van der Waals surface area (Å²) in [4.78, 5) is 16.1. The molecule has 2 heterocycles. The van der Waals surface area contributed by atoms with Gasteiger partial charge in [0, 0.05) is 12.7 Å². The molecule has 0 unspecified atom stereocenters. The number of carbonyl (C=O) groups is 1. The summed E-state index contributed by atoms with van der Waals surface area (Å²) in [5.41, 5.74) is 1.24. The number of nitrogens with zero attached hydrogens (tertiary/aromatic N) is 3. The summed E-state index contributed by atoms with van der Waals surface area (Å²) < 4.78 is 0. The lowest BCUT2D eigenvalue weighted by Gasteiger charge is -2.25. The molecular weight excluding hydrogens is 302 g/mol. The molecule has 2 rings (SSSR count). The largest absolute Gasteiger partial charge is 0.388 e. The zero-order valence-corrected chi connectivity index (χ0v) is 13.4. The smallest absolute Gasteiger partial charge is 0.259 e. The summed E-state index contributed by atoms with van der Waals surface area (Å²) in [6, 6.07) is 3.38. The van der Waals surface area contributed by atoms with Crippen molar-refractivity contribution >= 4 is 28.2 Å². The van der Waals surface area contributed by atoms with E-state index in [-0.39, 0.29) is 5.91 Å². The number of aliphatic hydroxyl groups is 1. The Balaban J connectivity index is 1.94. The van der Waals surface area contributed by atoms with Gasteiger partial charge in [0.25, 0.3) is 5.91 Å². The Labute approximate surface area is 132 Å². The van der Waals surface area contributed by atoms with E-state index in [1.165, 1.54) is 17.5 Å². The van der Waals surface area contributed by atoms with Gasteiger partial charge in [-0.25, -0.2) is 4.98 Å². The topological polar surface area (TPSA) is 100 Å². The third kappa shape index (κ3) is 4.22. The van der Waals surface area contributed by atoms with Gasteiger partial charge in [0.05, 0.1) is 11.2 Å². The van der Waals surface area contributed by atoms with Gasteiger partial charge in [0.15, 0.2) is 0 Å². The zero-order chi connectivity index (χ0) is 16.0. The number of hydrogen-bond acceptors (Lipinski definition) is 7. The summed E-state index contributed by atoms with van der Waals surface area (Å²) >= 11 is 1.25. The first-order chi connectivity index (χ1) is 10.6. The van der Waals surface area contributed by atoms with Crippen molar-refractivity contribution in [3.63, 3.8) is 0 Å². The molecule has 7 nitrogen and oxygen atoms in total. The highest BCUT2D eigenvalue weighted by atomic mass is 32.1. The first kappa shape index (κ1) is 16.3. The van der Waals surface area contributed by atoms with Crippen LogP contribution in [0.4, 0.5) is 10.9 Å². The molecule has 1 amide bonds. The minimum Gasteiger partial charge on any atom is -0.388 e. The van der Waals surface area contributed by atoms with Crippen molar-refractivity contribution < 1.29 is 9.90 Å². The highest BCUT2D eigenvalue weighted by molar-refractivity contribution is 7.13. The highest BCUT2D eigenvalue weighted by Crippen LogP contribution is 2.16. The fourth-order valence-electron chi connectivity index (χ4n) is 1.78. The van der Waals surface area contributed by atoms with Crippen LogP contribution in [0.1, 0.15) is 37.0 Å². The van der Waals surface area contributed by atoms with Gasteiger partial charge in [-0.2, -0.15) is 0 Å². The standard InChI is InChI=1S/C14H19N5O2S/c1-3-14(21,4-2)8-16-11-6-5-10(7-15-11)12(20)18-13-19-17-9-22-13/h5-7,9,21H,3-4,8H2,1-2H3,(H,15,16)(H,18,19,20). The van der Waals surface area contributed by atoms with E-state index in [1.54, 1.807) is 17.6 Å². The molecule has 0 aromatic carbocycles. The van der Waals surface area contributed by atoms with Gasteiger partial charge in [0.2, 0.25) is 5.13 Å². The molecule has 2 aromatic heterocycles. The second-order valence-corrected chi connectivity index (χ2v) is 5.75. The molecule has 0 saturated heterocycles.